The van der Waals surface area contributed by atoms with Gasteiger partial charge in [-0.15, -0.1) is 6.58 Å². The van der Waals surface area contributed by atoms with E-state index in [0.29, 0.717) is 6.54 Å². The van der Waals surface area contributed by atoms with E-state index < -0.39 is 6.43 Å². The van der Waals surface area contributed by atoms with Gasteiger partial charge in [0.05, 0.1) is 6.54 Å². The first-order valence-electron chi connectivity index (χ1n) is 3.45. The Balaban J connectivity index is 2.85. The first kappa shape index (κ1) is 10.9. The van der Waals surface area contributed by atoms with Crippen molar-refractivity contribution in [2.45, 2.75) is 6.43 Å². The summed E-state index contributed by atoms with van der Waals surface area (Å²) in [5.74, 6) is 1.75. The first-order chi connectivity index (χ1) is 5.27. The van der Waals surface area contributed by atoms with Gasteiger partial charge in [-0.2, -0.15) is 11.8 Å². The average Bonchev–Trinajstić information content (AvgIpc) is 1.96. The Bertz CT molecular complexity index is 98.4. The molecule has 0 saturated heterocycles. The van der Waals surface area contributed by atoms with Gasteiger partial charge in [-0.3, -0.25) is 0 Å². The van der Waals surface area contributed by atoms with Crippen molar-refractivity contribution in [1.29, 1.82) is 0 Å². The van der Waals surface area contributed by atoms with Gasteiger partial charge < -0.3 is 5.32 Å². The largest absolute Gasteiger partial charge is 0.311 e. The van der Waals surface area contributed by atoms with Crippen LogP contribution in [0.4, 0.5) is 8.78 Å². The molecule has 0 aromatic carbocycles. The van der Waals surface area contributed by atoms with Gasteiger partial charge in [0.25, 0.3) is 6.43 Å². The fourth-order valence-corrected chi connectivity index (χ4v) is 1.14. The maximum Gasteiger partial charge on any atom is 0.250 e. The van der Waals surface area contributed by atoms with Crippen molar-refractivity contribution in [2.24, 2.45) is 0 Å². The predicted molar refractivity (Wildman–Crippen MR) is 46.4 cm³/mol. The molecule has 0 spiro atoms. The van der Waals surface area contributed by atoms with Crippen molar-refractivity contribution < 1.29 is 8.78 Å². The minimum absolute atomic E-state index is 0.200. The fraction of sp³-hybridized carbons (Fsp3) is 0.714. The molecule has 0 radical (unpaired) electrons. The Morgan fingerprint density at radius 3 is 2.82 bits per heavy atom. The topological polar surface area (TPSA) is 12.0 Å². The second-order valence-electron chi connectivity index (χ2n) is 1.96. The van der Waals surface area contributed by atoms with Gasteiger partial charge in [-0.05, 0) is 0 Å². The molecule has 0 aromatic heterocycles. The second kappa shape index (κ2) is 8.01. The van der Waals surface area contributed by atoms with E-state index in [9.17, 15) is 8.78 Å². The van der Waals surface area contributed by atoms with E-state index >= 15 is 0 Å². The van der Waals surface area contributed by atoms with Crippen molar-refractivity contribution in [2.75, 3.05) is 24.6 Å². The molecule has 0 bridgehead atoms. The normalized spacial score (nSPS) is 10.5. The highest BCUT2D eigenvalue weighted by Crippen LogP contribution is 1.97. The number of thioether (sulfide) groups is 1. The molecule has 4 heteroatoms. The van der Waals surface area contributed by atoms with Crippen LogP contribution in [0.1, 0.15) is 0 Å². The zero-order chi connectivity index (χ0) is 8.53. The second-order valence-corrected chi connectivity index (χ2v) is 3.11. The molecule has 0 heterocycles. The van der Waals surface area contributed by atoms with E-state index in [1.807, 2.05) is 0 Å². The van der Waals surface area contributed by atoms with E-state index in [-0.39, 0.29) is 6.54 Å². The summed E-state index contributed by atoms with van der Waals surface area (Å²) < 4.78 is 23.0. The van der Waals surface area contributed by atoms with Crippen LogP contribution in [-0.2, 0) is 0 Å². The summed E-state index contributed by atoms with van der Waals surface area (Å²) in [6.45, 7) is 3.99. The van der Waals surface area contributed by atoms with E-state index in [4.69, 9.17) is 0 Å². The highest BCUT2D eigenvalue weighted by Gasteiger charge is 1.98. The molecule has 0 aliphatic carbocycles. The molecule has 66 valence electrons. The molecule has 0 aliphatic rings. The number of nitrogens with one attached hydrogen (secondary N) is 1. The van der Waals surface area contributed by atoms with Crippen LogP contribution in [0.2, 0.25) is 0 Å². The molecule has 0 aromatic rings. The van der Waals surface area contributed by atoms with Gasteiger partial charge in [0.15, 0.2) is 0 Å². The van der Waals surface area contributed by atoms with E-state index in [1.165, 1.54) is 0 Å². The third kappa shape index (κ3) is 9.91. The molecule has 1 nitrogen and oxygen atoms in total. The van der Waals surface area contributed by atoms with E-state index in [1.54, 1.807) is 17.8 Å². The Morgan fingerprint density at radius 2 is 2.27 bits per heavy atom. The highest BCUT2D eigenvalue weighted by atomic mass is 32.2. The Morgan fingerprint density at radius 1 is 1.55 bits per heavy atom. The summed E-state index contributed by atoms with van der Waals surface area (Å²) in [6.07, 6.45) is -0.433. The van der Waals surface area contributed by atoms with Crippen LogP contribution in [0, 0.1) is 0 Å². The van der Waals surface area contributed by atoms with Crippen LogP contribution in [-0.4, -0.2) is 31.0 Å². The van der Waals surface area contributed by atoms with Gasteiger partial charge in [0.1, 0.15) is 0 Å². The Kier molecular flexibility index (Phi) is 7.95. The molecule has 1 N–H and O–H groups in total. The minimum atomic E-state index is -2.24. The molecule has 0 rings (SSSR count). The van der Waals surface area contributed by atoms with Crippen molar-refractivity contribution >= 4 is 11.8 Å². The zero-order valence-corrected chi connectivity index (χ0v) is 7.17. The first-order valence-corrected chi connectivity index (χ1v) is 4.60. The quantitative estimate of drug-likeness (QED) is 0.474. The number of hydrogen-bond donors (Lipinski definition) is 1. The van der Waals surface area contributed by atoms with Gasteiger partial charge in [0, 0.05) is 18.1 Å². The molecule has 0 aliphatic heterocycles. The summed E-state index contributed by atoms with van der Waals surface area (Å²) in [7, 11) is 0. The third-order valence-electron chi connectivity index (χ3n) is 0.958. The standard InChI is InChI=1S/C7H13F2NS/c1-2-4-11-5-3-10-6-7(8)9/h2,7,10H,1,3-6H2. The smallest absolute Gasteiger partial charge is 0.250 e. The summed E-state index contributed by atoms with van der Waals surface area (Å²) in [5, 5.41) is 2.64. The summed E-state index contributed by atoms with van der Waals surface area (Å²) >= 11 is 1.68. The molecular formula is C7H13F2NS. The Hall–Kier alpha value is -0.0900. The maximum absolute atomic E-state index is 11.5. The lowest BCUT2D eigenvalue weighted by Crippen LogP contribution is -2.23. The third-order valence-corrected chi connectivity index (χ3v) is 1.92. The van der Waals surface area contributed by atoms with Gasteiger partial charge >= 0.3 is 0 Å². The van der Waals surface area contributed by atoms with Gasteiger partial charge in [-0.1, -0.05) is 6.08 Å². The number of alkyl halides is 2. The monoisotopic (exact) mass is 181 g/mol. The molecule has 0 unspecified atom stereocenters. The van der Waals surface area contributed by atoms with Crippen LogP contribution < -0.4 is 5.32 Å². The van der Waals surface area contributed by atoms with Crippen molar-refractivity contribution in [1.82, 2.24) is 5.32 Å². The van der Waals surface area contributed by atoms with E-state index in [0.717, 1.165) is 11.5 Å². The minimum Gasteiger partial charge on any atom is -0.311 e. The number of halogens is 2. The Labute approximate surface area is 70.2 Å². The number of hydrogen-bond acceptors (Lipinski definition) is 2. The molecule has 11 heavy (non-hydrogen) atoms. The van der Waals surface area contributed by atoms with Crippen LogP contribution in [0.3, 0.4) is 0 Å². The van der Waals surface area contributed by atoms with Crippen LogP contribution in [0.15, 0.2) is 12.7 Å². The SMILES string of the molecule is C=CCSCCNCC(F)F. The van der Waals surface area contributed by atoms with Crippen LogP contribution in [0.25, 0.3) is 0 Å². The lowest BCUT2D eigenvalue weighted by molar-refractivity contribution is 0.147. The van der Waals surface area contributed by atoms with Gasteiger partial charge in [0.2, 0.25) is 0 Å². The average molecular weight is 181 g/mol. The molecule has 0 saturated carbocycles. The zero-order valence-electron chi connectivity index (χ0n) is 6.35. The molecule has 0 fully saturated rings. The van der Waals surface area contributed by atoms with Crippen LogP contribution in [0.5, 0.6) is 0 Å². The fourth-order valence-electron chi connectivity index (χ4n) is 0.522. The van der Waals surface area contributed by atoms with Crippen molar-refractivity contribution in [3.63, 3.8) is 0 Å². The summed E-state index contributed by atoms with van der Waals surface area (Å²) in [5.41, 5.74) is 0. The highest BCUT2D eigenvalue weighted by molar-refractivity contribution is 7.99. The van der Waals surface area contributed by atoms with Crippen molar-refractivity contribution in [3.05, 3.63) is 12.7 Å². The van der Waals surface area contributed by atoms with Crippen LogP contribution >= 0.6 is 11.8 Å². The summed E-state index contributed by atoms with van der Waals surface area (Å²) in [6, 6.07) is 0. The van der Waals surface area contributed by atoms with Crippen molar-refractivity contribution in [3.8, 4) is 0 Å². The lowest BCUT2D eigenvalue weighted by atomic mass is 10.6. The van der Waals surface area contributed by atoms with Gasteiger partial charge in [-0.25, -0.2) is 8.78 Å². The summed E-state index contributed by atoms with van der Waals surface area (Å²) in [4.78, 5) is 0. The predicted octanol–water partition coefficient (Wildman–Crippen LogP) is 1.76. The maximum atomic E-state index is 11.5. The lowest BCUT2D eigenvalue weighted by Gasteiger charge is -2.01. The molecular weight excluding hydrogens is 168 g/mol. The molecule has 0 atom stereocenters. The number of rotatable bonds is 7. The molecule has 0 amide bonds. The van der Waals surface area contributed by atoms with E-state index in [2.05, 4.69) is 11.9 Å².